The van der Waals surface area contributed by atoms with Gasteiger partial charge in [0.1, 0.15) is 0 Å². The first-order valence-electron chi connectivity index (χ1n) is 7.82. The Hall–Kier alpha value is -2.46. The highest BCUT2D eigenvalue weighted by Crippen LogP contribution is 2.34. The maximum absolute atomic E-state index is 13.9. The zero-order chi connectivity index (χ0) is 21.0. The van der Waals surface area contributed by atoms with Crippen molar-refractivity contribution in [3.8, 4) is 0 Å². The van der Waals surface area contributed by atoms with Gasteiger partial charge < -0.3 is 15.4 Å². The molecule has 0 aliphatic heterocycles. The summed E-state index contributed by atoms with van der Waals surface area (Å²) in [4.78, 5) is 24.0. The molecule has 0 saturated carbocycles. The molecule has 0 unspecified atom stereocenters. The molecule has 0 bridgehead atoms. The van der Waals surface area contributed by atoms with Gasteiger partial charge in [-0.25, -0.2) is 18.0 Å². The summed E-state index contributed by atoms with van der Waals surface area (Å²) in [6.45, 7) is 3.81. The number of rotatable bonds is 7. The Morgan fingerprint density at radius 1 is 1.11 bits per heavy atom. The predicted molar refractivity (Wildman–Crippen MR) is 83.0 cm³/mol. The molecule has 0 aromatic heterocycles. The Morgan fingerprint density at radius 2 is 1.70 bits per heavy atom. The molecule has 1 aromatic rings. The number of ether oxygens (including phenoxy) is 1. The quantitative estimate of drug-likeness (QED) is 0.318. The van der Waals surface area contributed by atoms with Crippen LogP contribution in [-0.4, -0.2) is 30.3 Å². The van der Waals surface area contributed by atoms with Crippen molar-refractivity contribution in [2.75, 3.05) is 11.9 Å². The highest BCUT2D eigenvalue weighted by Gasteiger charge is 2.63. The number of esters is 1. The minimum atomic E-state index is -5.51. The van der Waals surface area contributed by atoms with E-state index in [1.165, 1.54) is 17.6 Å². The van der Waals surface area contributed by atoms with Gasteiger partial charge in [-0.2, -0.15) is 13.2 Å². The van der Waals surface area contributed by atoms with Gasteiger partial charge >= 0.3 is 17.8 Å². The molecule has 0 fully saturated rings. The molecule has 0 aliphatic carbocycles. The van der Waals surface area contributed by atoms with Crippen molar-refractivity contribution >= 4 is 17.6 Å². The molecule has 1 aromatic carbocycles. The highest BCUT2D eigenvalue weighted by atomic mass is 19.4. The van der Waals surface area contributed by atoms with Crippen LogP contribution < -0.4 is 10.6 Å². The van der Waals surface area contributed by atoms with Crippen LogP contribution >= 0.6 is 0 Å². The summed E-state index contributed by atoms with van der Waals surface area (Å²) in [7, 11) is 0. The van der Waals surface area contributed by atoms with Crippen molar-refractivity contribution in [1.82, 2.24) is 5.32 Å². The van der Waals surface area contributed by atoms with E-state index in [0.29, 0.717) is 12.1 Å². The number of anilines is 1. The monoisotopic (exact) mass is 400 g/mol. The van der Waals surface area contributed by atoms with Crippen LogP contribution in [0.5, 0.6) is 0 Å². The zero-order valence-electron chi connectivity index (χ0n) is 14.6. The lowest BCUT2D eigenvalue weighted by atomic mass is 10.1. The topological polar surface area (TPSA) is 67.4 Å². The van der Waals surface area contributed by atoms with Crippen LogP contribution in [0.15, 0.2) is 12.1 Å². The van der Waals surface area contributed by atoms with Crippen LogP contribution in [0.4, 0.5) is 32.0 Å². The summed E-state index contributed by atoms with van der Waals surface area (Å²) in [6, 6.07) is 0.824. The third-order valence-electron chi connectivity index (χ3n) is 3.28. The fourth-order valence-electron chi connectivity index (χ4n) is 2.09. The van der Waals surface area contributed by atoms with E-state index in [4.69, 9.17) is 0 Å². The number of halogens is 6. The molecule has 2 N–H and O–H groups in total. The van der Waals surface area contributed by atoms with Crippen LogP contribution in [0, 0.1) is 23.4 Å². The zero-order valence-corrected chi connectivity index (χ0v) is 14.6. The van der Waals surface area contributed by atoms with Gasteiger partial charge in [0.05, 0.1) is 12.3 Å². The second-order valence-electron chi connectivity index (χ2n) is 5.96. The average molecular weight is 400 g/mol. The van der Waals surface area contributed by atoms with E-state index >= 15 is 0 Å². The molecular formula is C16H18F6N2O3. The SMILES string of the molecule is CCOC(=O)[C@](NC(=O)CC(C)C)(Nc1ccc(F)c(F)c1F)C(F)(F)F. The Balaban J connectivity index is 3.48. The first-order chi connectivity index (χ1) is 12.4. The molecule has 5 nitrogen and oxygen atoms in total. The molecule has 1 amide bonds. The number of alkyl halides is 3. The van der Waals surface area contributed by atoms with Gasteiger partial charge in [0.2, 0.25) is 5.91 Å². The summed E-state index contributed by atoms with van der Waals surface area (Å²) in [5.74, 6) is -9.22. The highest BCUT2D eigenvalue weighted by molar-refractivity contribution is 5.91. The minimum Gasteiger partial charge on any atom is -0.463 e. The van der Waals surface area contributed by atoms with Crippen LogP contribution in [0.2, 0.25) is 0 Å². The van der Waals surface area contributed by atoms with Gasteiger partial charge in [-0.15, -0.1) is 0 Å². The molecule has 0 saturated heterocycles. The fourth-order valence-corrected chi connectivity index (χ4v) is 2.09. The summed E-state index contributed by atoms with van der Waals surface area (Å²) >= 11 is 0. The largest absolute Gasteiger partial charge is 0.463 e. The number of amides is 1. The molecule has 152 valence electrons. The fraction of sp³-hybridized carbons (Fsp3) is 0.500. The van der Waals surface area contributed by atoms with E-state index in [0.717, 1.165) is 0 Å². The van der Waals surface area contributed by atoms with Gasteiger partial charge in [0.15, 0.2) is 17.5 Å². The maximum atomic E-state index is 13.9. The lowest BCUT2D eigenvalue weighted by Crippen LogP contribution is -2.69. The molecule has 0 radical (unpaired) electrons. The van der Waals surface area contributed by atoms with Crippen molar-refractivity contribution in [3.63, 3.8) is 0 Å². The van der Waals surface area contributed by atoms with Crippen molar-refractivity contribution in [2.45, 2.75) is 39.0 Å². The minimum absolute atomic E-state index is 0.363. The Kier molecular flexibility index (Phi) is 7.10. The molecule has 11 heteroatoms. The van der Waals surface area contributed by atoms with Crippen LogP contribution in [0.1, 0.15) is 27.2 Å². The summed E-state index contributed by atoms with van der Waals surface area (Å²) < 4.78 is 86.0. The van der Waals surface area contributed by atoms with E-state index in [1.807, 2.05) is 0 Å². The molecule has 1 rings (SSSR count). The lowest BCUT2D eigenvalue weighted by molar-refractivity contribution is -0.208. The molecule has 0 aliphatic rings. The van der Waals surface area contributed by atoms with Gasteiger partial charge in [-0.05, 0) is 25.0 Å². The van der Waals surface area contributed by atoms with E-state index in [2.05, 4.69) is 4.74 Å². The molecule has 0 heterocycles. The van der Waals surface area contributed by atoms with Crippen molar-refractivity contribution in [1.29, 1.82) is 0 Å². The smallest absolute Gasteiger partial charge is 0.441 e. The third kappa shape index (κ3) is 5.04. The second-order valence-corrected chi connectivity index (χ2v) is 5.96. The number of carbonyl (C=O) groups excluding carboxylic acids is 2. The van der Waals surface area contributed by atoms with Crippen molar-refractivity contribution in [2.24, 2.45) is 5.92 Å². The summed E-state index contributed by atoms with van der Waals surface area (Å²) in [6.07, 6.45) is -5.90. The number of nitrogens with one attached hydrogen (secondary N) is 2. The van der Waals surface area contributed by atoms with E-state index in [9.17, 15) is 35.9 Å². The predicted octanol–water partition coefficient (Wildman–Crippen LogP) is 3.50. The summed E-state index contributed by atoms with van der Waals surface area (Å²) in [5.41, 5.74) is -5.09. The average Bonchev–Trinajstić information content (AvgIpc) is 2.52. The Bertz CT molecular complexity index is 708. The van der Waals surface area contributed by atoms with Gasteiger partial charge in [0, 0.05) is 6.42 Å². The van der Waals surface area contributed by atoms with Gasteiger partial charge in [-0.3, -0.25) is 4.79 Å². The maximum Gasteiger partial charge on any atom is 0.441 e. The normalized spacial score (nSPS) is 13.9. The molecule has 27 heavy (non-hydrogen) atoms. The van der Waals surface area contributed by atoms with Crippen LogP contribution in [0.3, 0.4) is 0 Å². The first kappa shape index (κ1) is 22.6. The number of benzene rings is 1. The molecule has 1 atom stereocenters. The Morgan fingerprint density at radius 3 is 2.19 bits per heavy atom. The molecule has 0 spiro atoms. The van der Waals surface area contributed by atoms with Gasteiger partial charge in [-0.1, -0.05) is 13.8 Å². The van der Waals surface area contributed by atoms with Crippen LogP contribution in [-0.2, 0) is 14.3 Å². The Labute approximate surface area is 151 Å². The van der Waals surface area contributed by atoms with Crippen molar-refractivity contribution < 1.29 is 40.7 Å². The number of carbonyl (C=O) groups is 2. The summed E-state index contributed by atoms with van der Waals surface area (Å²) in [5, 5.41) is 2.91. The lowest BCUT2D eigenvalue weighted by Gasteiger charge is -2.35. The standard InChI is InChI=1S/C16H18F6N2O3/c1-4-27-14(26)15(16(20,21)22,24-11(25)7-8(2)3)23-10-6-5-9(17)12(18)13(10)19/h5-6,8,23H,4,7H2,1-3H3,(H,24,25)/t15-/m1/s1. The van der Waals surface area contributed by atoms with Crippen molar-refractivity contribution in [3.05, 3.63) is 29.6 Å². The molecular weight excluding hydrogens is 382 g/mol. The van der Waals surface area contributed by atoms with E-state index in [1.54, 1.807) is 13.8 Å². The van der Waals surface area contributed by atoms with Crippen LogP contribution in [0.25, 0.3) is 0 Å². The van der Waals surface area contributed by atoms with E-state index < -0.39 is 53.5 Å². The number of hydrogen-bond donors (Lipinski definition) is 2. The van der Waals surface area contributed by atoms with Gasteiger partial charge in [0.25, 0.3) is 0 Å². The number of hydrogen-bond acceptors (Lipinski definition) is 4. The van der Waals surface area contributed by atoms with E-state index in [-0.39, 0.29) is 12.3 Å². The second kappa shape index (κ2) is 8.49. The first-order valence-corrected chi connectivity index (χ1v) is 7.82. The third-order valence-corrected chi connectivity index (χ3v) is 3.28.